The van der Waals surface area contributed by atoms with E-state index in [0.29, 0.717) is 11.4 Å². The molecule has 0 spiro atoms. The van der Waals surface area contributed by atoms with Crippen molar-refractivity contribution in [1.29, 1.82) is 0 Å². The SMILES string of the molecule is C=C(C)CN1C(=O)C(=O)c2c1cc(OC)c(OC)c2OC. The number of hydrogen-bond donors (Lipinski definition) is 0. The number of anilines is 1. The summed E-state index contributed by atoms with van der Waals surface area (Å²) in [7, 11) is 4.34. The van der Waals surface area contributed by atoms with Crippen molar-refractivity contribution in [1.82, 2.24) is 0 Å². The van der Waals surface area contributed by atoms with Gasteiger partial charge in [0.15, 0.2) is 11.5 Å². The summed E-state index contributed by atoms with van der Waals surface area (Å²) in [5.74, 6) is -0.348. The van der Waals surface area contributed by atoms with Crippen LogP contribution in [0.15, 0.2) is 18.2 Å². The molecule has 6 nitrogen and oxygen atoms in total. The van der Waals surface area contributed by atoms with Gasteiger partial charge < -0.3 is 19.1 Å². The maximum Gasteiger partial charge on any atom is 0.299 e. The van der Waals surface area contributed by atoms with Gasteiger partial charge in [0.2, 0.25) is 5.75 Å². The number of carbonyl (C=O) groups is 2. The molecule has 0 aromatic heterocycles. The molecule has 1 aliphatic rings. The fraction of sp³-hybridized carbons (Fsp3) is 0.333. The summed E-state index contributed by atoms with van der Waals surface area (Å²) in [5, 5.41) is 0. The zero-order valence-corrected chi connectivity index (χ0v) is 12.5. The van der Waals surface area contributed by atoms with Crippen molar-refractivity contribution < 1.29 is 23.8 Å². The van der Waals surface area contributed by atoms with Crippen molar-refractivity contribution >= 4 is 17.4 Å². The first kappa shape index (κ1) is 14.9. The van der Waals surface area contributed by atoms with Crippen LogP contribution in [0.5, 0.6) is 17.2 Å². The van der Waals surface area contributed by atoms with Crippen LogP contribution >= 0.6 is 0 Å². The zero-order valence-electron chi connectivity index (χ0n) is 12.5. The second-order valence-corrected chi connectivity index (χ2v) is 4.72. The molecular weight excluding hydrogens is 274 g/mol. The van der Waals surface area contributed by atoms with Gasteiger partial charge in [0.25, 0.3) is 11.7 Å². The molecule has 0 radical (unpaired) electrons. The Balaban J connectivity index is 2.72. The number of amides is 1. The van der Waals surface area contributed by atoms with Gasteiger partial charge in [0.1, 0.15) is 0 Å². The first-order valence-corrected chi connectivity index (χ1v) is 6.29. The van der Waals surface area contributed by atoms with Gasteiger partial charge in [-0.05, 0) is 6.92 Å². The summed E-state index contributed by atoms with van der Waals surface area (Å²) in [4.78, 5) is 25.8. The summed E-state index contributed by atoms with van der Waals surface area (Å²) in [6.07, 6.45) is 0. The average Bonchev–Trinajstić information content (AvgIpc) is 2.69. The Morgan fingerprint density at radius 2 is 1.76 bits per heavy atom. The van der Waals surface area contributed by atoms with Gasteiger partial charge in [-0.2, -0.15) is 0 Å². The molecule has 112 valence electrons. The third-order valence-electron chi connectivity index (χ3n) is 3.19. The maximum absolute atomic E-state index is 12.2. The Hall–Kier alpha value is -2.50. The quantitative estimate of drug-likeness (QED) is 0.611. The van der Waals surface area contributed by atoms with Crippen LogP contribution in [0.25, 0.3) is 0 Å². The normalized spacial score (nSPS) is 13.2. The first-order valence-electron chi connectivity index (χ1n) is 6.29. The molecule has 0 atom stereocenters. The van der Waals surface area contributed by atoms with Gasteiger partial charge in [-0.15, -0.1) is 0 Å². The molecule has 1 amide bonds. The Kier molecular flexibility index (Phi) is 3.88. The number of Topliss-reactive ketones (excluding diaryl/α,β-unsaturated/α-hetero) is 1. The topological polar surface area (TPSA) is 65.1 Å². The fourth-order valence-corrected chi connectivity index (χ4v) is 2.34. The number of nitrogens with zero attached hydrogens (tertiary/aromatic N) is 1. The second-order valence-electron chi connectivity index (χ2n) is 4.72. The fourth-order valence-electron chi connectivity index (χ4n) is 2.34. The molecule has 6 heteroatoms. The van der Waals surface area contributed by atoms with Crippen LogP contribution in [-0.4, -0.2) is 39.6 Å². The highest BCUT2D eigenvalue weighted by molar-refractivity contribution is 6.53. The van der Waals surface area contributed by atoms with E-state index in [9.17, 15) is 9.59 Å². The number of fused-ring (bicyclic) bond motifs is 1. The molecule has 0 bridgehead atoms. The van der Waals surface area contributed by atoms with Crippen molar-refractivity contribution in [2.45, 2.75) is 6.92 Å². The molecule has 0 saturated carbocycles. The van der Waals surface area contributed by atoms with Crippen LogP contribution in [0.1, 0.15) is 17.3 Å². The molecule has 1 heterocycles. The van der Waals surface area contributed by atoms with E-state index in [4.69, 9.17) is 14.2 Å². The standard InChI is InChI=1S/C15H17NO5/c1-8(2)7-16-9-6-10(19-3)13(20-4)14(21-5)11(9)12(17)15(16)18/h6H,1,7H2,2-5H3. The third-order valence-corrected chi connectivity index (χ3v) is 3.19. The molecule has 1 aromatic carbocycles. The van der Waals surface area contributed by atoms with Gasteiger partial charge in [0, 0.05) is 12.6 Å². The van der Waals surface area contributed by atoms with E-state index in [1.54, 1.807) is 13.0 Å². The van der Waals surface area contributed by atoms with Crippen molar-refractivity contribution in [2.75, 3.05) is 32.8 Å². The number of hydrogen-bond acceptors (Lipinski definition) is 5. The lowest BCUT2D eigenvalue weighted by atomic mass is 10.1. The van der Waals surface area contributed by atoms with E-state index in [1.165, 1.54) is 26.2 Å². The van der Waals surface area contributed by atoms with Gasteiger partial charge in [-0.25, -0.2) is 0 Å². The number of rotatable bonds is 5. The van der Waals surface area contributed by atoms with Crippen LogP contribution in [0.3, 0.4) is 0 Å². The van der Waals surface area contributed by atoms with Crippen LogP contribution in [0.4, 0.5) is 5.69 Å². The summed E-state index contributed by atoms with van der Waals surface area (Å²) in [6, 6.07) is 1.60. The smallest absolute Gasteiger partial charge is 0.299 e. The van der Waals surface area contributed by atoms with E-state index in [1.807, 2.05) is 0 Å². The molecule has 0 saturated heterocycles. The molecule has 0 unspecified atom stereocenters. The largest absolute Gasteiger partial charge is 0.493 e. The summed E-state index contributed by atoms with van der Waals surface area (Å²) in [6.45, 7) is 5.82. The van der Waals surface area contributed by atoms with Gasteiger partial charge in [0.05, 0.1) is 32.6 Å². The highest BCUT2D eigenvalue weighted by Gasteiger charge is 2.41. The van der Waals surface area contributed by atoms with E-state index in [2.05, 4.69) is 6.58 Å². The number of methoxy groups -OCH3 is 3. The van der Waals surface area contributed by atoms with Crippen molar-refractivity contribution in [3.05, 3.63) is 23.8 Å². The number of benzene rings is 1. The number of ketones is 1. The lowest BCUT2D eigenvalue weighted by Crippen LogP contribution is -2.30. The monoisotopic (exact) mass is 291 g/mol. The average molecular weight is 291 g/mol. The molecular formula is C15H17NO5. The van der Waals surface area contributed by atoms with Crippen LogP contribution in [0, 0.1) is 0 Å². The minimum absolute atomic E-state index is 0.196. The zero-order chi connectivity index (χ0) is 15.7. The van der Waals surface area contributed by atoms with Gasteiger partial charge in [-0.1, -0.05) is 12.2 Å². The molecule has 1 aliphatic heterocycles. The molecule has 0 aliphatic carbocycles. The van der Waals surface area contributed by atoms with E-state index in [-0.39, 0.29) is 23.6 Å². The minimum Gasteiger partial charge on any atom is -0.493 e. The minimum atomic E-state index is -0.621. The number of ether oxygens (including phenoxy) is 3. The Morgan fingerprint density at radius 1 is 1.14 bits per heavy atom. The van der Waals surface area contributed by atoms with Crippen LogP contribution in [0.2, 0.25) is 0 Å². The summed E-state index contributed by atoms with van der Waals surface area (Å²) >= 11 is 0. The van der Waals surface area contributed by atoms with E-state index in [0.717, 1.165) is 5.57 Å². The van der Waals surface area contributed by atoms with Crippen molar-refractivity contribution in [3.63, 3.8) is 0 Å². The maximum atomic E-state index is 12.2. The summed E-state index contributed by atoms with van der Waals surface area (Å²) in [5.41, 5.74) is 1.40. The molecule has 21 heavy (non-hydrogen) atoms. The molecule has 1 aromatic rings. The lowest BCUT2D eigenvalue weighted by molar-refractivity contribution is -0.114. The second kappa shape index (κ2) is 5.47. The van der Waals surface area contributed by atoms with E-state index >= 15 is 0 Å². The predicted molar refractivity (Wildman–Crippen MR) is 77.6 cm³/mol. The van der Waals surface area contributed by atoms with Crippen LogP contribution < -0.4 is 19.1 Å². The molecule has 0 fully saturated rings. The van der Waals surface area contributed by atoms with Crippen molar-refractivity contribution in [2.24, 2.45) is 0 Å². The summed E-state index contributed by atoms with van der Waals surface area (Å²) < 4.78 is 15.8. The third kappa shape index (κ3) is 2.22. The van der Waals surface area contributed by atoms with Crippen molar-refractivity contribution in [3.8, 4) is 17.2 Å². The first-order chi connectivity index (χ1) is 9.96. The predicted octanol–water partition coefficient (Wildman–Crippen LogP) is 1.82. The Labute approximate surface area is 122 Å². The number of carbonyl (C=O) groups excluding carboxylic acids is 2. The molecule has 2 rings (SSSR count). The Morgan fingerprint density at radius 3 is 2.24 bits per heavy atom. The van der Waals surface area contributed by atoms with E-state index < -0.39 is 11.7 Å². The lowest BCUT2D eigenvalue weighted by Gasteiger charge is -2.19. The van der Waals surface area contributed by atoms with Gasteiger partial charge >= 0.3 is 0 Å². The Bertz CT molecular complexity index is 635. The molecule has 0 N–H and O–H groups in total. The van der Waals surface area contributed by atoms with Crippen LogP contribution in [-0.2, 0) is 4.79 Å². The van der Waals surface area contributed by atoms with Gasteiger partial charge in [-0.3, -0.25) is 9.59 Å². The highest BCUT2D eigenvalue weighted by Crippen LogP contribution is 2.48. The highest BCUT2D eigenvalue weighted by atomic mass is 16.5.